The first-order valence-corrected chi connectivity index (χ1v) is 6.08. The first-order valence-electron chi connectivity index (χ1n) is 5.29. The van der Waals surface area contributed by atoms with Gasteiger partial charge in [-0.1, -0.05) is 5.16 Å². The predicted octanol–water partition coefficient (Wildman–Crippen LogP) is 2.92. The van der Waals surface area contributed by atoms with Crippen LogP contribution in [-0.4, -0.2) is 17.6 Å². The van der Waals surface area contributed by atoms with Crippen molar-refractivity contribution in [3.63, 3.8) is 0 Å². The summed E-state index contributed by atoms with van der Waals surface area (Å²) in [5.41, 5.74) is 6.06. The Kier molecular flexibility index (Phi) is 5.76. The third kappa shape index (κ3) is 5.04. The van der Waals surface area contributed by atoms with Crippen LogP contribution in [0.15, 0.2) is 27.8 Å². The third-order valence-corrected chi connectivity index (χ3v) is 2.92. The molecule has 0 saturated carbocycles. The second kappa shape index (κ2) is 7.11. The fraction of sp³-hybridized carbons (Fsp3) is 0.364. The lowest BCUT2D eigenvalue weighted by Gasteiger charge is -2.08. The van der Waals surface area contributed by atoms with E-state index in [1.165, 1.54) is 12.1 Å². The molecule has 0 saturated heterocycles. The highest BCUT2D eigenvalue weighted by atomic mass is 79.9. The van der Waals surface area contributed by atoms with Crippen molar-refractivity contribution in [1.82, 2.24) is 0 Å². The summed E-state index contributed by atoms with van der Waals surface area (Å²) in [5.74, 6) is -0.0377. The van der Waals surface area contributed by atoms with Crippen LogP contribution in [0.3, 0.4) is 0 Å². The highest BCUT2D eigenvalue weighted by molar-refractivity contribution is 9.10. The lowest BCUT2D eigenvalue weighted by Crippen LogP contribution is -2.12. The van der Waals surface area contributed by atoms with E-state index in [-0.39, 0.29) is 11.7 Å². The van der Waals surface area contributed by atoms with Gasteiger partial charge in [-0.3, -0.25) is 0 Å². The maximum atomic E-state index is 13.0. The van der Waals surface area contributed by atoms with Crippen molar-refractivity contribution in [1.29, 1.82) is 0 Å². The molecule has 6 heteroatoms. The zero-order valence-electron chi connectivity index (χ0n) is 9.29. The Bertz CT molecular complexity index is 398. The van der Waals surface area contributed by atoms with Crippen LogP contribution in [0.5, 0.6) is 0 Å². The maximum absolute atomic E-state index is 13.0. The van der Waals surface area contributed by atoms with Crippen molar-refractivity contribution in [2.24, 2.45) is 10.9 Å². The summed E-state index contributed by atoms with van der Waals surface area (Å²) in [6, 6.07) is 4.50. The molecule has 1 aromatic carbocycles. The SMILES string of the molecule is N/C(CCCCNc1cc(F)ccc1Br)=N/O. The number of rotatable bonds is 6. The smallest absolute Gasteiger partial charge is 0.139 e. The zero-order valence-corrected chi connectivity index (χ0v) is 10.9. The average molecular weight is 304 g/mol. The van der Waals surface area contributed by atoms with E-state index in [1.54, 1.807) is 6.07 Å². The molecule has 0 amide bonds. The number of unbranched alkanes of at least 4 members (excludes halogenated alkanes) is 1. The molecule has 0 atom stereocenters. The Morgan fingerprint density at radius 3 is 2.94 bits per heavy atom. The van der Waals surface area contributed by atoms with Gasteiger partial charge in [0.25, 0.3) is 0 Å². The van der Waals surface area contributed by atoms with Gasteiger partial charge < -0.3 is 16.3 Å². The van der Waals surface area contributed by atoms with Crippen molar-refractivity contribution in [2.45, 2.75) is 19.3 Å². The normalized spacial score (nSPS) is 11.5. The fourth-order valence-electron chi connectivity index (χ4n) is 1.34. The molecule has 17 heavy (non-hydrogen) atoms. The number of hydrogen-bond donors (Lipinski definition) is 3. The highest BCUT2D eigenvalue weighted by Gasteiger charge is 2.01. The van der Waals surface area contributed by atoms with E-state index in [0.717, 1.165) is 23.0 Å². The summed E-state index contributed by atoms with van der Waals surface area (Å²) in [5, 5.41) is 14.3. The molecule has 0 heterocycles. The molecule has 1 rings (SSSR count). The minimum atomic E-state index is -0.271. The predicted molar refractivity (Wildman–Crippen MR) is 69.8 cm³/mol. The molecule has 1 aromatic rings. The van der Waals surface area contributed by atoms with Gasteiger partial charge in [-0.25, -0.2) is 4.39 Å². The second-order valence-electron chi connectivity index (χ2n) is 3.60. The van der Waals surface area contributed by atoms with Gasteiger partial charge in [-0.05, 0) is 47.0 Å². The Morgan fingerprint density at radius 1 is 1.47 bits per heavy atom. The minimum Gasteiger partial charge on any atom is -0.409 e. The summed E-state index contributed by atoms with van der Waals surface area (Å²) >= 11 is 3.33. The lowest BCUT2D eigenvalue weighted by atomic mass is 10.2. The van der Waals surface area contributed by atoms with Crippen LogP contribution in [0, 0.1) is 5.82 Å². The van der Waals surface area contributed by atoms with Crippen LogP contribution in [-0.2, 0) is 0 Å². The Morgan fingerprint density at radius 2 is 2.24 bits per heavy atom. The molecule has 0 fully saturated rings. The van der Waals surface area contributed by atoms with E-state index in [4.69, 9.17) is 10.9 Å². The zero-order chi connectivity index (χ0) is 12.7. The van der Waals surface area contributed by atoms with Crippen LogP contribution < -0.4 is 11.1 Å². The molecule has 0 aliphatic carbocycles. The van der Waals surface area contributed by atoms with E-state index >= 15 is 0 Å². The van der Waals surface area contributed by atoms with Gasteiger partial charge in [0, 0.05) is 17.4 Å². The number of anilines is 1. The largest absolute Gasteiger partial charge is 0.409 e. The molecule has 0 unspecified atom stereocenters. The van der Waals surface area contributed by atoms with Gasteiger partial charge in [0.2, 0.25) is 0 Å². The van der Waals surface area contributed by atoms with E-state index < -0.39 is 0 Å². The average Bonchev–Trinajstić information content (AvgIpc) is 2.32. The summed E-state index contributed by atoms with van der Waals surface area (Å²) in [6.45, 7) is 0.709. The molecule has 0 bridgehead atoms. The van der Waals surface area contributed by atoms with Gasteiger partial charge in [0.1, 0.15) is 11.7 Å². The maximum Gasteiger partial charge on any atom is 0.139 e. The van der Waals surface area contributed by atoms with Crippen molar-refractivity contribution in [3.05, 3.63) is 28.5 Å². The van der Waals surface area contributed by atoms with Crippen LogP contribution in [0.1, 0.15) is 19.3 Å². The summed E-state index contributed by atoms with van der Waals surface area (Å²) in [7, 11) is 0. The van der Waals surface area contributed by atoms with Gasteiger partial charge in [0.15, 0.2) is 0 Å². The molecule has 94 valence electrons. The van der Waals surface area contributed by atoms with Gasteiger partial charge in [0.05, 0.1) is 5.69 Å². The van der Waals surface area contributed by atoms with E-state index in [2.05, 4.69) is 26.4 Å². The van der Waals surface area contributed by atoms with Gasteiger partial charge >= 0.3 is 0 Å². The van der Waals surface area contributed by atoms with E-state index in [9.17, 15) is 4.39 Å². The molecular formula is C11H15BrFN3O. The van der Waals surface area contributed by atoms with Crippen LogP contribution in [0.4, 0.5) is 10.1 Å². The van der Waals surface area contributed by atoms with E-state index in [1.807, 2.05) is 0 Å². The van der Waals surface area contributed by atoms with Crippen LogP contribution in [0.25, 0.3) is 0 Å². The van der Waals surface area contributed by atoms with Crippen molar-refractivity contribution >= 4 is 27.5 Å². The summed E-state index contributed by atoms with van der Waals surface area (Å²) in [6.07, 6.45) is 2.23. The lowest BCUT2D eigenvalue weighted by molar-refractivity contribution is 0.316. The minimum absolute atomic E-state index is 0.233. The van der Waals surface area contributed by atoms with Gasteiger partial charge in [-0.15, -0.1) is 0 Å². The first-order chi connectivity index (χ1) is 8.13. The Labute approximate surface area is 108 Å². The van der Waals surface area contributed by atoms with Crippen LogP contribution >= 0.6 is 15.9 Å². The number of amidine groups is 1. The second-order valence-corrected chi connectivity index (χ2v) is 4.45. The summed E-state index contributed by atoms with van der Waals surface area (Å²) in [4.78, 5) is 0. The molecule has 4 N–H and O–H groups in total. The molecule has 0 aromatic heterocycles. The third-order valence-electron chi connectivity index (χ3n) is 2.23. The quantitative estimate of drug-likeness (QED) is 0.249. The Hall–Kier alpha value is -1.30. The molecule has 0 spiro atoms. The highest BCUT2D eigenvalue weighted by Crippen LogP contribution is 2.22. The fourth-order valence-corrected chi connectivity index (χ4v) is 1.72. The number of nitrogens with one attached hydrogen (secondary N) is 1. The molecule has 0 radical (unpaired) electrons. The van der Waals surface area contributed by atoms with Crippen LogP contribution in [0.2, 0.25) is 0 Å². The summed E-state index contributed by atoms with van der Waals surface area (Å²) < 4.78 is 13.8. The number of halogens is 2. The van der Waals surface area contributed by atoms with Crippen molar-refractivity contribution in [3.8, 4) is 0 Å². The Balaban J connectivity index is 2.29. The number of nitrogens with two attached hydrogens (primary N) is 1. The first kappa shape index (κ1) is 13.8. The van der Waals surface area contributed by atoms with Crippen molar-refractivity contribution in [2.75, 3.05) is 11.9 Å². The molecule has 4 nitrogen and oxygen atoms in total. The van der Waals surface area contributed by atoms with Crippen molar-refractivity contribution < 1.29 is 9.60 Å². The number of oxime groups is 1. The van der Waals surface area contributed by atoms with Gasteiger partial charge in [-0.2, -0.15) is 0 Å². The number of nitrogens with zero attached hydrogens (tertiary/aromatic N) is 1. The standard InChI is InChI=1S/C11H15BrFN3O/c12-9-5-4-8(13)7-10(9)15-6-2-1-3-11(14)16-17/h4-5,7,15,17H,1-3,6H2,(H2,14,16). The number of hydrogen-bond acceptors (Lipinski definition) is 3. The molecule has 0 aliphatic rings. The van der Waals surface area contributed by atoms with E-state index in [0.29, 0.717) is 13.0 Å². The monoisotopic (exact) mass is 303 g/mol. The molecule has 0 aliphatic heterocycles. The topological polar surface area (TPSA) is 70.6 Å². The molecular weight excluding hydrogens is 289 g/mol. The number of benzene rings is 1.